The minimum atomic E-state index is -0.968. The summed E-state index contributed by atoms with van der Waals surface area (Å²) in [6.07, 6.45) is 3.28. The monoisotopic (exact) mass is 819 g/mol. The van der Waals surface area contributed by atoms with Gasteiger partial charge in [-0.05, 0) is 86.9 Å². The summed E-state index contributed by atoms with van der Waals surface area (Å²) in [7, 11) is 1.26. The van der Waals surface area contributed by atoms with Crippen molar-refractivity contribution in [2.75, 3.05) is 45.2 Å². The molecular formula is C35H45Br2N6O7+. The molecule has 4 aliphatic heterocycles. The Morgan fingerprint density at radius 3 is 2.44 bits per heavy atom. The number of piperidine rings is 3. The molecule has 15 heteroatoms. The first-order valence-corrected chi connectivity index (χ1v) is 18.9. The van der Waals surface area contributed by atoms with Crippen LogP contribution in [0, 0.1) is 0 Å². The van der Waals surface area contributed by atoms with Crippen LogP contribution in [0.5, 0.6) is 5.75 Å². The first-order chi connectivity index (χ1) is 24.1. The molecule has 50 heavy (non-hydrogen) atoms. The lowest BCUT2D eigenvalue weighted by molar-refractivity contribution is -0.929. The van der Waals surface area contributed by atoms with Gasteiger partial charge in [-0.2, -0.15) is 0 Å². The van der Waals surface area contributed by atoms with E-state index in [0.717, 1.165) is 42.7 Å². The number of nitrogens with one attached hydrogen (secondary N) is 3. The molecule has 0 aliphatic carbocycles. The fourth-order valence-electron chi connectivity index (χ4n) is 8.10. The van der Waals surface area contributed by atoms with E-state index >= 15 is 4.79 Å². The average molecular weight is 822 g/mol. The van der Waals surface area contributed by atoms with E-state index in [9.17, 15) is 19.5 Å². The minimum absolute atomic E-state index is 0.0326. The topological polar surface area (TPSA) is 150 Å². The quantitative estimate of drug-likeness (QED) is 0.213. The van der Waals surface area contributed by atoms with Crippen LogP contribution in [-0.2, 0) is 27.2 Å². The number of hydrogen-bond acceptors (Lipinski definition) is 8. The van der Waals surface area contributed by atoms with Crippen LogP contribution in [0.25, 0.3) is 0 Å². The largest absolute Gasteiger partial charge is 0.512 e. The zero-order valence-corrected chi connectivity index (χ0v) is 31.3. The predicted molar refractivity (Wildman–Crippen MR) is 192 cm³/mol. The Morgan fingerprint density at radius 2 is 1.74 bits per heavy atom. The molecule has 13 nitrogen and oxygen atoms in total. The van der Waals surface area contributed by atoms with Gasteiger partial charge in [0.1, 0.15) is 11.8 Å². The van der Waals surface area contributed by atoms with Crippen LogP contribution in [0.2, 0.25) is 0 Å². The normalized spacial score (nSPS) is 23.7. The number of quaternary nitrogens is 1. The van der Waals surface area contributed by atoms with E-state index in [1.807, 2.05) is 29.2 Å². The molecule has 4 heterocycles. The summed E-state index contributed by atoms with van der Waals surface area (Å²) in [6, 6.07) is 9.63. The van der Waals surface area contributed by atoms with Crippen molar-refractivity contribution in [3.63, 3.8) is 0 Å². The Labute approximate surface area is 308 Å². The van der Waals surface area contributed by atoms with Crippen molar-refractivity contribution in [1.82, 2.24) is 20.4 Å². The third-order valence-corrected chi connectivity index (χ3v) is 11.9. The Hall–Kier alpha value is -3.40. The van der Waals surface area contributed by atoms with Gasteiger partial charge < -0.3 is 40.3 Å². The smallest absolute Gasteiger partial charge is 0.506 e. The van der Waals surface area contributed by atoms with E-state index in [1.54, 1.807) is 17.0 Å². The van der Waals surface area contributed by atoms with Crippen LogP contribution in [0.4, 0.5) is 20.1 Å². The van der Waals surface area contributed by atoms with Gasteiger partial charge in [0.2, 0.25) is 6.23 Å². The summed E-state index contributed by atoms with van der Waals surface area (Å²) in [6.45, 7) is 3.29. The van der Waals surface area contributed by atoms with Gasteiger partial charge >= 0.3 is 24.1 Å². The number of hydrogen-bond donors (Lipinski definition) is 4. The third-order valence-electron chi connectivity index (χ3n) is 10.7. The lowest BCUT2D eigenvalue weighted by atomic mass is 9.92. The number of methoxy groups -OCH3 is 1. The minimum Gasteiger partial charge on any atom is -0.506 e. The number of urea groups is 2. The molecule has 3 saturated heterocycles. The number of nitrogens with zero attached hydrogens (tertiary/aromatic N) is 3. The number of phenols is 1. The zero-order chi connectivity index (χ0) is 35.4. The number of fused-ring (bicyclic) bond motifs is 1. The molecule has 3 atom stereocenters. The lowest BCUT2D eigenvalue weighted by Crippen LogP contribution is -2.73. The number of benzene rings is 2. The van der Waals surface area contributed by atoms with E-state index < -0.39 is 18.4 Å². The first-order valence-electron chi connectivity index (χ1n) is 17.4. The number of para-hydroxylation sites is 1. The van der Waals surface area contributed by atoms with Crippen molar-refractivity contribution in [1.29, 1.82) is 0 Å². The van der Waals surface area contributed by atoms with E-state index in [2.05, 4.69) is 47.8 Å². The Morgan fingerprint density at radius 1 is 1.04 bits per heavy atom. The highest BCUT2D eigenvalue weighted by Gasteiger charge is 2.56. The van der Waals surface area contributed by atoms with Crippen LogP contribution in [0.1, 0.15) is 56.1 Å². The summed E-state index contributed by atoms with van der Waals surface area (Å²) in [5.74, 6) is -0.173. The average Bonchev–Trinajstić information content (AvgIpc) is 3.13. The molecule has 6 rings (SSSR count). The highest BCUT2D eigenvalue weighted by molar-refractivity contribution is 9.11. The predicted octanol–water partition coefficient (Wildman–Crippen LogP) is 5.44. The summed E-state index contributed by atoms with van der Waals surface area (Å²) >= 11 is 6.82. The maximum Gasteiger partial charge on any atom is 0.512 e. The van der Waals surface area contributed by atoms with E-state index in [4.69, 9.17) is 9.47 Å². The molecule has 2 aromatic carbocycles. The van der Waals surface area contributed by atoms with Crippen LogP contribution in [0.3, 0.4) is 0 Å². The van der Waals surface area contributed by atoms with Gasteiger partial charge in [0, 0.05) is 70.1 Å². The molecule has 0 saturated carbocycles. The molecule has 0 bridgehead atoms. The first kappa shape index (κ1) is 36.4. The van der Waals surface area contributed by atoms with Crippen molar-refractivity contribution < 1.29 is 38.2 Å². The number of carbonyl (C=O) groups is 4. The molecule has 4 N–H and O–H groups in total. The van der Waals surface area contributed by atoms with E-state index in [0.29, 0.717) is 67.2 Å². The lowest BCUT2D eigenvalue weighted by Gasteiger charge is -2.50. The van der Waals surface area contributed by atoms with E-state index in [-0.39, 0.29) is 46.7 Å². The van der Waals surface area contributed by atoms with Crippen LogP contribution in [0.15, 0.2) is 45.3 Å². The van der Waals surface area contributed by atoms with Crippen molar-refractivity contribution in [2.24, 2.45) is 0 Å². The molecule has 4 aliphatic rings. The molecular weight excluding hydrogens is 776 g/mol. The molecule has 5 amide bonds. The number of carbonyl (C=O) groups excluding carboxylic acids is 4. The van der Waals surface area contributed by atoms with Gasteiger partial charge in [-0.3, -0.25) is 0 Å². The molecule has 0 spiro atoms. The maximum atomic E-state index is 15.2. The molecule has 3 fully saturated rings. The second-order valence-electron chi connectivity index (χ2n) is 13.5. The van der Waals surface area contributed by atoms with Gasteiger partial charge in [-0.15, -0.1) is 0 Å². The molecule has 270 valence electrons. The number of rotatable bonds is 7. The van der Waals surface area contributed by atoms with Crippen LogP contribution in [-0.4, -0.2) is 108 Å². The highest BCUT2D eigenvalue weighted by Crippen LogP contribution is 2.38. The summed E-state index contributed by atoms with van der Waals surface area (Å²) in [5.41, 5.74) is 2.60. The number of halogens is 2. The Bertz CT molecular complexity index is 1580. The van der Waals surface area contributed by atoms with Gasteiger partial charge in [0.15, 0.2) is 6.04 Å². The summed E-state index contributed by atoms with van der Waals surface area (Å²) in [4.78, 5) is 58.3. The van der Waals surface area contributed by atoms with Crippen LogP contribution < -0.4 is 16.0 Å². The number of aromatic hydroxyl groups is 1. The molecule has 1 unspecified atom stereocenters. The zero-order valence-electron chi connectivity index (χ0n) is 28.2. The second kappa shape index (κ2) is 15.9. The second-order valence-corrected chi connectivity index (χ2v) is 15.3. The molecule has 0 aromatic heterocycles. The number of anilines is 1. The Kier molecular flexibility index (Phi) is 11.6. The number of phenolic OH excluding ortho intramolecular Hbond substituents is 1. The van der Waals surface area contributed by atoms with Crippen molar-refractivity contribution in [3.8, 4) is 5.75 Å². The number of ether oxygens (including phenoxy) is 2. The maximum absolute atomic E-state index is 15.2. The fourth-order valence-corrected chi connectivity index (χ4v) is 9.38. The van der Waals surface area contributed by atoms with Gasteiger partial charge in [-0.1, -0.05) is 18.2 Å². The number of amides is 5. The van der Waals surface area contributed by atoms with Crippen molar-refractivity contribution in [3.05, 3.63) is 56.5 Å². The van der Waals surface area contributed by atoms with E-state index in [1.165, 1.54) is 7.11 Å². The number of likely N-dealkylation sites (tertiary alicyclic amines) is 2. The van der Waals surface area contributed by atoms with Gasteiger partial charge in [-0.25, -0.2) is 23.7 Å². The standard InChI is InChI=1S/C35H44Br2N6O7/c1-49-35(48)50-30-8-4-5-17-43(30,25-9-13-38-14-10-25)32(45)29(20-22-18-26(36)31(44)27(37)19-22)40-33(46)41-15-11-24(12-16-41)42-21-23-6-2-3-7-28(23)39-34(42)47/h2-3,6-7,18-19,24-25,29-30,38H,4-5,8-17,20-21H2,1H3,(H2-,39,40,44,46,47)/p+1/t29-,30?,43-/m1/s1. The highest BCUT2D eigenvalue weighted by atomic mass is 79.9. The summed E-state index contributed by atoms with van der Waals surface area (Å²) < 4.78 is 11.6. The SMILES string of the molecule is COC(=O)OC1CCCC[N@@+]1(C(=O)[C@@H](Cc1cc(Br)c(O)c(Br)c1)NC(=O)N1CCC(N2Cc3ccccc3NC2=O)CC1)C1CCNCC1. The van der Waals surface area contributed by atoms with Crippen molar-refractivity contribution in [2.45, 2.75) is 82.3 Å². The van der Waals surface area contributed by atoms with Crippen LogP contribution >= 0.6 is 31.9 Å². The Balaban J connectivity index is 1.24. The van der Waals surface area contributed by atoms with Gasteiger partial charge in [0.05, 0.1) is 22.6 Å². The summed E-state index contributed by atoms with van der Waals surface area (Å²) in [5, 5.41) is 19.9. The third kappa shape index (κ3) is 7.60. The van der Waals surface area contributed by atoms with Gasteiger partial charge in [0.25, 0.3) is 0 Å². The fraction of sp³-hybridized carbons (Fsp3) is 0.543. The van der Waals surface area contributed by atoms with Crippen molar-refractivity contribution >= 4 is 61.7 Å². The molecule has 0 radical (unpaired) electrons. The molecule has 2 aromatic rings.